The highest BCUT2D eigenvalue weighted by atomic mass is 16.5. The number of anilines is 2. The van der Waals surface area contributed by atoms with E-state index >= 15 is 0 Å². The first-order valence-electron chi connectivity index (χ1n) is 6.25. The summed E-state index contributed by atoms with van der Waals surface area (Å²) in [6.45, 7) is 2.97. The van der Waals surface area contributed by atoms with Crippen molar-refractivity contribution in [3.8, 4) is 5.69 Å². The third-order valence-corrected chi connectivity index (χ3v) is 3.21. The number of hydrogen-bond donors (Lipinski definition) is 2. The fraction of sp³-hybridized carbons (Fsp3) is 0.308. The van der Waals surface area contributed by atoms with E-state index in [0.717, 1.165) is 24.6 Å². The van der Waals surface area contributed by atoms with Crippen LogP contribution in [-0.2, 0) is 4.74 Å². The minimum Gasteiger partial charge on any atom is -0.399 e. The number of rotatable bonds is 2. The van der Waals surface area contributed by atoms with Gasteiger partial charge in [0.15, 0.2) is 0 Å². The zero-order chi connectivity index (χ0) is 13.2. The van der Waals surface area contributed by atoms with Gasteiger partial charge in [0.05, 0.1) is 18.9 Å². The topological polar surface area (TPSA) is 76.3 Å². The lowest BCUT2D eigenvalue weighted by Crippen LogP contribution is -2.36. The van der Waals surface area contributed by atoms with Crippen molar-refractivity contribution in [1.29, 1.82) is 0 Å². The van der Waals surface area contributed by atoms with E-state index in [9.17, 15) is 4.79 Å². The van der Waals surface area contributed by atoms with Crippen LogP contribution in [0.5, 0.6) is 0 Å². The first-order valence-corrected chi connectivity index (χ1v) is 6.25. The largest absolute Gasteiger partial charge is 0.399 e. The molecule has 0 unspecified atom stereocenters. The van der Waals surface area contributed by atoms with Gasteiger partial charge in [-0.15, -0.1) is 0 Å². The Morgan fingerprint density at radius 2 is 1.84 bits per heavy atom. The third kappa shape index (κ3) is 2.34. The molecule has 19 heavy (non-hydrogen) atoms. The summed E-state index contributed by atoms with van der Waals surface area (Å²) in [5.74, 6) is 0.824. The maximum Gasteiger partial charge on any atom is 0.273 e. The fourth-order valence-corrected chi connectivity index (χ4v) is 2.16. The second-order valence-corrected chi connectivity index (χ2v) is 4.51. The Bertz CT molecular complexity index is 608. The molecular weight excluding hydrogens is 244 g/mol. The molecule has 1 fully saturated rings. The van der Waals surface area contributed by atoms with Crippen molar-refractivity contribution in [3.63, 3.8) is 0 Å². The molecule has 0 aliphatic carbocycles. The summed E-state index contributed by atoms with van der Waals surface area (Å²) in [6.07, 6.45) is 0. The molecule has 0 bridgehead atoms. The molecule has 0 saturated carbocycles. The Morgan fingerprint density at radius 3 is 2.53 bits per heavy atom. The number of nitrogens with zero attached hydrogens (tertiary/aromatic N) is 2. The molecule has 100 valence electrons. The van der Waals surface area contributed by atoms with Gasteiger partial charge < -0.3 is 15.4 Å². The Kier molecular flexibility index (Phi) is 3.00. The van der Waals surface area contributed by atoms with E-state index in [2.05, 4.69) is 10.00 Å². The molecule has 6 heteroatoms. The summed E-state index contributed by atoms with van der Waals surface area (Å²) in [5.41, 5.74) is 7.02. The minimum absolute atomic E-state index is 0.0775. The van der Waals surface area contributed by atoms with E-state index in [1.807, 2.05) is 12.1 Å². The number of aromatic amines is 1. The lowest BCUT2D eigenvalue weighted by Gasteiger charge is -2.27. The summed E-state index contributed by atoms with van der Waals surface area (Å²) < 4.78 is 6.82. The molecule has 3 N–H and O–H groups in total. The second-order valence-electron chi connectivity index (χ2n) is 4.51. The normalized spacial score (nSPS) is 15.7. The number of H-pyrrole nitrogens is 1. The van der Waals surface area contributed by atoms with Crippen LogP contribution in [0, 0.1) is 0 Å². The van der Waals surface area contributed by atoms with E-state index in [4.69, 9.17) is 10.5 Å². The molecule has 1 aromatic carbocycles. The third-order valence-electron chi connectivity index (χ3n) is 3.21. The summed E-state index contributed by atoms with van der Waals surface area (Å²) in [7, 11) is 0. The summed E-state index contributed by atoms with van der Waals surface area (Å²) in [6, 6.07) is 8.79. The predicted octanol–water partition coefficient (Wildman–Crippen LogP) is 0.584. The number of nitrogen functional groups attached to an aromatic ring is 1. The molecule has 0 atom stereocenters. The van der Waals surface area contributed by atoms with Crippen molar-refractivity contribution in [3.05, 3.63) is 40.7 Å². The molecule has 1 aliphatic rings. The van der Waals surface area contributed by atoms with E-state index in [-0.39, 0.29) is 5.56 Å². The molecule has 2 aromatic rings. The van der Waals surface area contributed by atoms with E-state index in [1.54, 1.807) is 18.2 Å². The van der Waals surface area contributed by atoms with Crippen LogP contribution in [0.3, 0.4) is 0 Å². The minimum atomic E-state index is -0.0775. The Morgan fingerprint density at radius 1 is 1.16 bits per heavy atom. The predicted molar refractivity (Wildman–Crippen MR) is 73.8 cm³/mol. The van der Waals surface area contributed by atoms with Gasteiger partial charge in [-0.2, -0.15) is 0 Å². The summed E-state index contributed by atoms with van der Waals surface area (Å²) in [4.78, 5) is 14.1. The molecule has 0 amide bonds. The average molecular weight is 260 g/mol. The Labute approximate surface area is 110 Å². The van der Waals surface area contributed by atoms with Crippen LogP contribution in [0.25, 0.3) is 5.69 Å². The molecule has 0 radical (unpaired) electrons. The quantitative estimate of drug-likeness (QED) is 0.775. The number of benzene rings is 1. The van der Waals surface area contributed by atoms with Crippen molar-refractivity contribution >= 4 is 11.5 Å². The van der Waals surface area contributed by atoms with Gasteiger partial charge in [-0.3, -0.25) is 9.89 Å². The maximum atomic E-state index is 12.0. The summed E-state index contributed by atoms with van der Waals surface area (Å²) in [5, 5.41) is 3.12. The SMILES string of the molecule is Nc1ccc(-n2[nH]c(N3CCOCC3)cc2=O)cc1. The molecule has 2 heterocycles. The van der Waals surface area contributed by atoms with E-state index in [0.29, 0.717) is 18.9 Å². The van der Waals surface area contributed by atoms with E-state index in [1.165, 1.54) is 4.68 Å². The van der Waals surface area contributed by atoms with Gasteiger partial charge in [-0.1, -0.05) is 0 Å². The monoisotopic (exact) mass is 260 g/mol. The van der Waals surface area contributed by atoms with Crippen molar-refractivity contribution in [1.82, 2.24) is 9.78 Å². The fourth-order valence-electron chi connectivity index (χ4n) is 2.16. The highest BCUT2D eigenvalue weighted by molar-refractivity contribution is 5.46. The van der Waals surface area contributed by atoms with Crippen molar-refractivity contribution in [2.75, 3.05) is 36.9 Å². The summed E-state index contributed by atoms with van der Waals surface area (Å²) >= 11 is 0. The molecule has 0 spiro atoms. The highest BCUT2D eigenvalue weighted by Crippen LogP contribution is 2.13. The first kappa shape index (κ1) is 11.9. The average Bonchev–Trinajstić information content (AvgIpc) is 2.83. The highest BCUT2D eigenvalue weighted by Gasteiger charge is 2.14. The van der Waals surface area contributed by atoms with Gasteiger partial charge in [0, 0.05) is 24.8 Å². The number of ether oxygens (including phenoxy) is 1. The standard InChI is InChI=1S/C13H16N4O2/c14-10-1-3-11(4-2-10)17-13(18)9-12(15-17)16-5-7-19-8-6-16/h1-4,9,15H,5-8,14H2. The van der Waals surface area contributed by atoms with Gasteiger partial charge in [0.1, 0.15) is 5.82 Å². The van der Waals surface area contributed by atoms with Gasteiger partial charge in [0.2, 0.25) is 0 Å². The van der Waals surface area contributed by atoms with Crippen LogP contribution in [0.2, 0.25) is 0 Å². The molecule has 1 saturated heterocycles. The van der Waals surface area contributed by atoms with Crippen LogP contribution in [-0.4, -0.2) is 36.1 Å². The van der Waals surface area contributed by atoms with Gasteiger partial charge in [-0.25, -0.2) is 4.68 Å². The molecule has 1 aromatic heterocycles. The van der Waals surface area contributed by atoms with Crippen LogP contribution in [0.15, 0.2) is 35.1 Å². The van der Waals surface area contributed by atoms with Crippen LogP contribution >= 0.6 is 0 Å². The Hall–Kier alpha value is -2.21. The van der Waals surface area contributed by atoms with Crippen LogP contribution in [0.1, 0.15) is 0 Å². The van der Waals surface area contributed by atoms with Crippen molar-refractivity contribution in [2.45, 2.75) is 0 Å². The number of hydrogen-bond acceptors (Lipinski definition) is 4. The molecule has 1 aliphatic heterocycles. The second kappa shape index (κ2) is 4.81. The molecule has 6 nitrogen and oxygen atoms in total. The lowest BCUT2D eigenvalue weighted by atomic mass is 10.3. The number of morpholine rings is 1. The number of aromatic nitrogens is 2. The van der Waals surface area contributed by atoms with Crippen LogP contribution in [0.4, 0.5) is 11.5 Å². The van der Waals surface area contributed by atoms with E-state index < -0.39 is 0 Å². The smallest absolute Gasteiger partial charge is 0.273 e. The molecule has 3 rings (SSSR count). The zero-order valence-corrected chi connectivity index (χ0v) is 10.5. The zero-order valence-electron chi connectivity index (χ0n) is 10.5. The van der Waals surface area contributed by atoms with Crippen LogP contribution < -0.4 is 16.2 Å². The Balaban J connectivity index is 1.92. The number of nitrogens with two attached hydrogens (primary N) is 1. The first-order chi connectivity index (χ1) is 9.24. The van der Waals surface area contributed by atoms with Gasteiger partial charge in [0.25, 0.3) is 5.56 Å². The van der Waals surface area contributed by atoms with Gasteiger partial charge >= 0.3 is 0 Å². The number of nitrogens with one attached hydrogen (secondary N) is 1. The van der Waals surface area contributed by atoms with Crippen molar-refractivity contribution < 1.29 is 4.74 Å². The van der Waals surface area contributed by atoms with Gasteiger partial charge in [-0.05, 0) is 24.3 Å². The lowest BCUT2D eigenvalue weighted by molar-refractivity contribution is 0.122. The molecular formula is C13H16N4O2. The maximum absolute atomic E-state index is 12.0. The van der Waals surface area contributed by atoms with Crippen molar-refractivity contribution in [2.24, 2.45) is 0 Å².